The number of thiazole rings is 1. The summed E-state index contributed by atoms with van der Waals surface area (Å²) in [6, 6.07) is 0. The minimum Gasteiger partial charge on any atom is -0.249 e. The molecule has 0 aromatic carbocycles. The van der Waals surface area contributed by atoms with Gasteiger partial charge in [-0.1, -0.05) is 20.8 Å². The maximum atomic E-state index is 4.31. The van der Waals surface area contributed by atoms with Crippen molar-refractivity contribution in [3.05, 3.63) is 16.1 Å². The molecule has 68 valence electrons. The molecule has 0 fully saturated rings. The Kier molecular flexibility index (Phi) is 3.73. The van der Waals surface area contributed by atoms with Crippen molar-refractivity contribution in [2.45, 2.75) is 40.0 Å². The molecule has 1 atom stereocenters. The van der Waals surface area contributed by atoms with E-state index in [2.05, 4.69) is 11.9 Å². The molecule has 1 aliphatic rings. The van der Waals surface area contributed by atoms with Crippen molar-refractivity contribution in [2.24, 2.45) is 5.92 Å². The lowest BCUT2D eigenvalue weighted by Crippen LogP contribution is -2.08. The SMILES string of the molecule is CC.CC1CCc2ncsc2C1. The second-order valence-electron chi connectivity index (χ2n) is 3.07. The molecule has 1 aliphatic carbocycles. The molecular formula is C10H17NS. The summed E-state index contributed by atoms with van der Waals surface area (Å²) in [4.78, 5) is 5.84. The first kappa shape index (κ1) is 9.72. The van der Waals surface area contributed by atoms with Crippen molar-refractivity contribution >= 4 is 11.3 Å². The third kappa shape index (κ3) is 2.07. The predicted octanol–water partition coefficient (Wildman–Crippen LogP) is 3.29. The zero-order valence-corrected chi connectivity index (χ0v) is 8.95. The summed E-state index contributed by atoms with van der Waals surface area (Å²) in [5.41, 5.74) is 3.34. The van der Waals surface area contributed by atoms with Crippen LogP contribution in [-0.2, 0) is 12.8 Å². The fourth-order valence-corrected chi connectivity index (χ4v) is 2.44. The standard InChI is InChI=1S/C8H11NS.C2H6/c1-6-2-3-7-8(4-6)10-5-9-7;1-2/h5-6H,2-4H2,1H3;1-2H3. The Morgan fingerprint density at radius 2 is 2.25 bits per heavy atom. The van der Waals surface area contributed by atoms with Gasteiger partial charge in [0, 0.05) is 4.88 Å². The molecule has 0 aliphatic heterocycles. The Bertz CT molecular complexity index is 229. The van der Waals surface area contributed by atoms with Crippen LogP contribution < -0.4 is 0 Å². The van der Waals surface area contributed by atoms with Crippen LogP contribution in [0, 0.1) is 5.92 Å². The molecule has 0 saturated carbocycles. The minimum atomic E-state index is 0.882. The first-order chi connectivity index (χ1) is 5.86. The summed E-state index contributed by atoms with van der Waals surface area (Å²) in [5, 5.41) is 0. The number of hydrogen-bond acceptors (Lipinski definition) is 2. The molecule has 0 bridgehead atoms. The van der Waals surface area contributed by atoms with E-state index in [-0.39, 0.29) is 0 Å². The molecule has 2 heteroatoms. The van der Waals surface area contributed by atoms with Gasteiger partial charge in [0.2, 0.25) is 0 Å². The van der Waals surface area contributed by atoms with Gasteiger partial charge in [0.05, 0.1) is 11.2 Å². The number of rotatable bonds is 0. The fraction of sp³-hybridized carbons (Fsp3) is 0.700. The second-order valence-corrected chi connectivity index (χ2v) is 4.01. The number of aryl methyl sites for hydroxylation is 1. The third-order valence-electron chi connectivity index (χ3n) is 2.13. The Balaban J connectivity index is 0.000000336. The van der Waals surface area contributed by atoms with E-state index in [0.717, 1.165) is 5.92 Å². The maximum absolute atomic E-state index is 4.31. The van der Waals surface area contributed by atoms with Gasteiger partial charge >= 0.3 is 0 Å². The lowest BCUT2D eigenvalue weighted by Gasteiger charge is -2.15. The molecule has 0 radical (unpaired) electrons. The van der Waals surface area contributed by atoms with E-state index >= 15 is 0 Å². The Labute approximate surface area is 78.8 Å². The highest BCUT2D eigenvalue weighted by atomic mass is 32.1. The van der Waals surface area contributed by atoms with E-state index in [1.807, 2.05) is 30.7 Å². The average molecular weight is 183 g/mol. The normalized spacial score (nSPS) is 20.8. The summed E-state index contributed by atoms with van der Waals surface area (Å²) in [5.74, 6) is 0.882. The molecule has 0 amide bonds. The van der Waals surface area contributed by atoms with Gasteiger partial charge in [0.15, 0.2) is 0 Å². The molecule has 1 nitrogen and oxygen atoms in total. The highest BCUT2D eigenvalue weighted by Crippen LogP contribution is 2.26. The highest BCUT2D eigenvalue weighted by Gasteiger charge is 2.16. The van der Waals surface area contributed by atoms with E-state index in [4.69, 9.17) is 0 Å². The second kappa shape index (κ2) is 4.61. The summed E-state index contributed by atoms with van der Waals surface area (Å²) in [7, 11) is 0. The topological polar surface area (TPSA) is 12.9 Å². The van der Waals surface area contributed by atoms with Crippen LogP contribution in [0.5, 0.6) is 0 Å². The molecule has 2 rings (SSSR count). The van der Waals surface area contributed by atoms with Gasteiger partial charge in [-0.3, -0.25) is 0 Å². The number of aromatic nitrogens is 1. The van der Waals surface area contributed by atoms with Crippen molar-refractivity contribution in [1.82, 2.24) is 4.98 Å². The van der Waals surface area contributed by atoms with Crippen LogP contribution in [-0.4, -0.2) is 4.98 Å². The zero-order valence-electron chi connectivity index (χ0n) is 8.13. The maximum Gasteiger partial charge on any atom is 0.0797 e. The van der Waals surface area contributed by atoms with E-state index in [0.29, 0.717) is 0 Å². The Morgan fingerprint density at radius 3 is 3.00 bits per heavy atom. The summed E-state index contributed by atoms with van der Waals surface area (Å²) >= 11 is 1.82. The number of nitrogens with zero attached hydrogens (tertiary/aromatic N) is 1. The zero-order chi connectivity index (χ0) is 8.97. The third-order valence-corrected chi connectivity index (χ3v) is 3.03. The molecule has 1 heterocycles. The van der Waals surface area contributed by atoms with Gasteiger partial charge in [-0.2, -0.15) is 0 Å². The van der Waals surface area contributed by atoms with Crippen molar-refractivity contribution in [1.29, 1.82) is 0 Å². The molecule has 1 aromatic heterocycles. The molecule has 0 spiro atoms. The van der Waals surface area contributed by atoms with Crippen molar-refractivity contribution in [3.8, 4) is 0 Å². The van der Waals surface area contributed by atoms with Gasteiger partial charge in [0.1, 0.15) is 0 Å². The first-order valence-corrected chi connectivity index (χ1v) is 5.65. The van der Waals surface area contributed by atoms with Crippen molar-refractivity contribution in [3.63, 3.8) is 0 Å². The lowest BCUT2D eigenvalue weighted by molar-refractivity contribution is 0.502. The number of hydrogen-bond donors (Lipinski definition) is 0. The van der Waals surface area contributed by atoms with Crippen molar-refractivity contribution < 1.29 is 0 Å². The molecule has 1 unspecified atom stereocenters. The monoisotopic (exact) mass is 183 g/mol. The molecule has 0 saturated heterocycles. The van der Waals surface area contributed by atoms with E-state index in [1.54, 1.807) is 0 Å². The van der Waals surface area contributed by atoms with Crippen molar-refractivity contribution in [2.75, 3.05) is 0 Å². The van der Waals surface area contributed by atoms with Crippen LogP contribution in [0.15, 0.2) is 5.51 Å². The lowest BCUT2D eigenvalue weighted by atomic mass is 9.93. The summed E-state index contributed by atoms with van der Waals surface area (Å²) in [6.07, 6.45) is 3.80. The van der Waals surface area contributed by atoms with Gasteiger partial charge in [-0.25, -0.2) is 4.98 Å². The molecule has 0 N–H and O–H groups in total. The fourth-order valence-electron chi connectivity index (χ4n) is 1.47. The van der Waals surface area contributed by atoms with Crippen LogP contribution in [0.1, 0.15) is 37.8 Å². The van der Waals surface area contributed by atoms with Crippen LogP contribution in [0.3, 0.4) is 0 Å². The van der Waals surface area contributed by atoms with Crippen LogP contribution in [0.2, 0.25) is 0 Å². The number of fused-ring (bicyclic) bond motifs is 1. The first-order valence-electron chi connectivity index (χ1n) is 4.77. The van der Waals surface area contributed by atoms with E-state index < -0.39 is 0 Å². The van der Waals surface area contributed by atoms with Gasteiger partial charge in [-0.05, 0) is 25.2 Å². The largest absolute Gasteiger partial charge is 0.249 e. The summed E-state index contributed by atoms with van der Waals surface area (Å²) in [6.45, 7) is 6.32. The molecule has 12 heavy (non-hydrogen) atoms. The van der Waals surface area contributed by atoms with Gasteiger partial charge in [0.25, 0.3) is 0 Å². The minimum absolute atomic E-state index is 0.882. The smallest absolute Gasteiger partial charge is 0.0797 e. The Morgan fingerprint density at radius 1 is 1.50 bits per heavy atom. The summed E-state index contributed by atoms with van der Waals surface area (Å²) < 4.78 is 0. The van der Waals surface area contributed by atoms with Crippen LogP contribution in [0.25, 0.3) is 0 Å². The Hall–Kier alpha value is -0.370. The van der Waals surface area contributed by atoms with E-state index in [9.17, 15) is 0 Å². The highest BCUT2D eigenvalue weighted by molar-refractivity contribution is 7.09. The van der Waals surface area contributed by atoms with Gasteiger partial charge in [-0.15, -0.1) is 11.3 Å². The van der Waals surface area contributed by atoms with Gasteiger partial charge < -0.3 is 0 Å². The van der Waals surface area contributed by atoms with Crippen LogP contribution in [0.4, 0.5) is 0 Å². The van der Waals surface area contributed by atoms with E-state index in [1.165, 1.54) is 29.8 Å². The van der Waals surface area contributed by atoms with Crippen LogP contribution >= 0.6 is 11.3 Å². The quantitative estimate of drug-likeness (QED) is 0.601. The molecule has 1 aromatic rings. The predicted molar refractivity (Wildman–Crippen MR) is 54.7 cm³/mol. The molecular weight excluding hydrogens is 166 g/mol. The average Bonchev–Trinajstić information content (AvgIpc) is 2.54.